The lowest BCUT2D eigenvalue weighted by molar-refractivity contribution is -0.793. The molecule has 0 atom stereocenters. The molecule has 5 rings (SSSR count). The molecule has 5 aromatic rings. The summed E-state index contributed by atoms with van der Waals surface area (Å²) in [6, 6.07) is 37.1. The highest BCUT2D eigenvalue weighted by molar-refractivity contribution is 6.55. The summed E-state index contributed by atoms with van der Waals surface area (Å²) in [6.45, 7) is 4.40. The Hall–Kier alpha value is -3.89. The molecule has 183 valence electrons. The smallest absolute Gasteiger partial charge is 0.134 e. The highest BCUT2D eigenvalue weighted by Crippen LogP contribution is 2.35. The van der Waals surface area contributed by atoms with Crippen molar-refractivity contribution in [2.45, 2.75) is 25.2 Å². The topological polar surface area (TPSA) is 3.88 Å². The van der Waals surface area contributed by atoms with Crippen LogP contribution in [-0.4, -0.2) is 8.80 Å². The van der Waals surface area contributed by atoms with Crippen LogP contribution in [0.25, 0.3) is 33.6 Å². The van der Waals surface area contributed by atoms with Crippen LogP contribution in [0.2, 0.25) is 13.1 Å². The van der Waals surface area contributed by atoms with Crippen molar-refractivity contribution in [1.29, 1.82) is 0 Å². The number of benzene rings is 4. The maximum absolute atomic E-state index is 16.8. The number of rotatable bonds is 7. The van der Waals surface area contributed by atoms with Gasteiger partial charge >= 0.3 is 6.05 Å². The fourth-order valence-electron chi connectivity index (χ4n) is 4.74. The number of halogens is 2. The van der Waals surface area contributed by atoms with Crippen molar-refractivity contribution in [3.8, 4) is 33.6 Å². The van der Waals surface area contributed by atoms with Crippen molar-refractivity contribution in [1.82, 2.24) is 0 Å². The van der Waals surface area contributed by atoms with Crippen LogP contribution >= 0.6 is 0 Å². The van der Waals surface area contributed by atoms with Crippen LogP contribution in [0, 0.1) is 0 Å². The molecular formula is C33H29F2NSi+. The highest BCUT2D eigenvalue weighted by Gasteiger charge is 2.48. The van der Waals surface area contributed by atoms with Gasteiger partial charge in [0, 0.05) is 32.1 Å². The number of alkyl halides is 2. The number of aromatic nitrogens is 1. The second-order valence-electron chi connectivity index (χ2n) is 9.57. The van der Waals surface area contributed by atoms with E-state index in [-0.39, 0.29) is 5.56 Å². The standard InChI is InChI=1S/C33H29F2NSi/c1-37(2)24-25-13-12-20-30(21-25)33(34,35)36-31(27-16-8-4-9-17-27)22-29(26-14-6-3-7-15-26)23-32(36)28-18-10-5-11-19-28/h3-23H,24H2,1-2H3/q+1. The van der Waals surface area contributed by atoms with Crippen molar-refractivity contribution >= 4 is 8.80 Å². The SMILES string of the molecule is C[Si](C)Cc1cccc(C(F)(F)[n+]2c(-c3ccccc3)cc(-c3ccccc3)cc2-c2ccccc2)c1. The number of pyridine rings is 1. The Morgan fingerprint density at radius 3 is 1.54 bits per heavy atom. The lowest BCUT2D eigenvalue weighted by Crippen LogP contribution is -2.54. The highest BCUT2D eigenvalue weighted by atomic mass is 28.3. The van der Waals surface area contributed by atoms with Gasteiger partial charge < -0.3 is 0 Å². The van der Waals surface area contributed by atoms with Gasteiger partial charge in [0.15, 0.2) is 0 Å². The minimum atomic E-state index is -3.28. The first-order valence-corrected chi connectivity index (χ1v) is 15.2. The Balaban J connectivity index is 1.82. The molecular weight excluding hydrogens is 476 g/mol. The average molecular weight is 506 g/mol. The molecule has 0 unspecified atom stereocenters. The van der Waals surface area contributed by atoms with E-state index in [1.54, 1.807) is 18.2 Å². The third-order valence-electron chi connectivity index (χ3n) is 6.43. The van der Waals surface area contributed by atoms with E-state index >= 15 is 8.78 Å². The van der Waals surface area contributed by atoms with Crippen LogP contribution in [0.4, 0.5) is 8.78 Å². The van der Waals surface area contributed by atoms with Gasteiger partial charge in [-0.25, -0.2) is 0 Å². The third-order valence-corrected chi connectivity index (χ3v) is 7.54. The van der Waals surface area contributed by atoms with Crippen LogP contribution in [0.15, 0.2) is 127 Å². The normalized spacial score (nSPS) is 11.6. The molecule has 37 heavy (non-hydrogen) atoms. The van der Waals surface area contributed by atoms with E-state index in [2.05, 4.69) is 13.1 Å². The van der Waals surface area contributed by atoms with Gasteiger partial charge in [-0.3, -0.25) is 0 Å². The first kappa shape index (κ1) is 24.8. The molecule has 0 aliphatic rings. The summed E-state index contributed by atoms with van der Waals surface area (Å²) in [4.78, 5) is 0. The molecule has 0 saturated carbocycles. The number of nitrogens with zero attached hydrogens (tertiary/aromatic N) is 1. The molecule has 0 fully saturated rings. The van der Waals surface area contributed by atoms with Crippen LogP contribution in [-0.2, 0) is 12.1 Å². The largest absolute Gasteiger partial charge is 0.490 e. The maximum Gasteiger partial charge on any atom is 0.490 e. The predicted molar refractivity (Wildman–Crippen MR) is 150 cm³/mol. The maximum atomic E-state index is 16.8. The van der Waals surface area contributed by atoms with E-state index in [1.165, 1.54) is 4.57 Å². The number of hydrogen-bond donors (Lipinski definition) is 0. The van der Waals surface area contributed by atoms with Crippen LogP contribution in [0.5, 0.6) is 0 Å². The third kappa shape index (κ3) is 5.30. The van der Waals surface area contributed by atoms with Gasteiger partial charge in [-0.15, -0.1) is 13.3 Å². The molecule has 0 aliphatic carbocycles. The van der Waals surface area contributed by atoms with E-state index in [0.717, 1.165) is 33.9 Å². The second-order valence-corrected chi connectivity index (χ2v) is 12.3. The fraction of sp³-hybridized carbons (Fsp3) is 0.121. The Morgan fingerprint density at radius 1 is 0.568 bits per heavy atom. The first-order chi connectivity index (χ1) is 17.9. The Kier molecular flexibility index (Phi) is 7.11. The van der Waals surface area contributed by atoms with Crippen molar-refractivity contribution in [2.24, 2.45) is 0 Å². The molecule has 1 nitrogen and oxygen atoms in total. The van der Waals surface area contributed by atoms with Crippen molar-refractivity contribution in [2.75, 3.05) is 0 Å². The van der Waals surface area contributed by atoms with Crippen molar-refractivity contribution < 1.29 is 13.3 Å². The zero-order valence-electron chi connectivity index (χ0n) is 21.0. The first-order valence-electron chi connectivity index (χ1n) is 12.5. The van der Waals surface area contributed by atoms with E-state index in [9.17, 15) is 0 Å². The summed E-state index contributed by atoms with van der Waals surface area (Å²) in [6.07, 6.45) is 0. The fourth-order valence-corrected chi connectivity index (χ4v) is 5.78. The molecule has 1 aromatic heterocycles. The minimum absolute atomic E-state index is 0.0000679. The van der Waals surface area contributed by atoms with E-state index in [1.807, 2.05) is 109 Å². The van der Waals surface area contributed by atoms with Crippen LogP contribution < -0.4 is 4.57 Å². The van der Waals surface area contributed by atoms with E-state index in [4.69, 9.17) is 0 Å². The summed E-state index contributed by atoms with van der Waals surface area (Å²) in [5.74, 6) is 0. The molecule has 0 saturated heterocycles. The summed E-state index contributed by atoms with van der Waals surface area (Å²) in [7, 11) is -0.601. The summed E-state index contributed by atoms with van der Waals surface area (Å²) in [5, 5.41) is 0. The Bertz CT molecular complexity index is 1420. The van der Waals surface area contributed by atoms with E-state index < -0.39 is 14.8 Å². The van der Waals surface area contributed by atoms with Crippen LogP contribution in [0.3, 0.4) is 0 Å². The van der Waals surface area contributed by atoms with E-state index in [0.29, 0.717) is 11.4 Å². The van der Waals surface area contributed by atoms with Crippen molar-refractivity contribution in [3.05, 3.63) is 139 Å². The number of hydrogen-bond acceptors (Lipinski definition) is 0. The lowest BCUT2D eigenvalue weighted by atomic mass is 9.98. The Morgan fingerprint density at radius 2 is 1.05 bits per heavy atom. The molecule has 0 bridgehead atoms. The average Bonchev–Trinajstić information content (AvgIpc) is 2.93. The summed E-state index contributed by atoms with van der Waals surface area (Å²) in [5.41, 5.74) is 5.24. The van der Waals surface area contributed by atoms with Gasteiger partial charge in [0.25, 0.3) is 0 Å². The molecule has 1 radical (unpaired) electrons. The minimum Gasteiger partial charge on any atom is -0.134 e. The molecule has 4 heteroatoms. The van der Waals surface area contributed by atoms with Crippen molar-refractivity contribution in [3.63, 3.8) is 0 Å². The van der Waals surface area contributed by atoms with Gasteiger partial charge in [-0.1, -0.05) is 97.5 Å². The van der Waals surface area contributed by atoms with Gasteiger partial charge in [0.05, 0.1) is 5.56 Å². The molecule has 0 spiro atoms. The zero-order valence-corrected chi connectivity index (χ0v) is 22.0. The second kappa shape index (κ2) is 10.6. The monoisotopic (exact) mass is 505 g/mol. The van der Waals surface area contributed by atoms with Gasteiger partial charge in [0.1, 0.15) is 0 Å². The van der Waals surface area contributed by atoms with Crippen LogP contribution in [0.1, 0.15) is 11.1 Å². The molecule has 1 heterocycles. The molecule has 4 aromatic carbocycles. The Labute approximate surface area is 219 Å². The lowest BCUT2D eigenvalue weighted by Gasteiger charge is -2.20. The zero-order chi connectivity index (χ0) is 25.8. The summed E-state index contributed by atoms with van der Waals surface area (Å²) >= 11 is 0. The predicted octanol–water partition coefficient (Wildman–Crippen LogP) is 8.41. The molecule has 0 aliphatic heterocycles. The summed E-state index contributed by atoms with van der Waals surface area (Å²) < 4.78 is 34.8. The molecule has 0 N–H and O–H groups in total. The van der Waals surface area contributed by atoms with Gasteiger partial charge in [-0.05, 0) is 53.6 Å². The van der Waals surface area contributed by atoms with Gasteiger partial charge in [0.2, 0.25) is 11.4 Å². The molecule has 0 amide bonds. The van der Waals surface area contributed by atoms with Gasteiger partial charge in [-0.2, -0.15) is 0 Å². The quantitative estimate of drug-likeness (QED) is 0.154.